The zero-order chi connectivity index (χ0) is 17.9. The molecule has 0 bridgehead atoms. The van der Waals surface area contributed by atoms with Crippen LogP contribution in [-0.2, 0) is 6.54 Å². The second kappa shape index (κ2) is 11.8. The average molecular weight is 367 g/mol. The molecule has 1 unspecified atom stereocenters. The maximum Gasteiger partial charge on any atom is 0.119 e. The summed E-state index contributed by atoms with van der Waals surface area (Å²) in [6.45, 7) is 2.89. The van der Waals surface area contributed by atoms with Gasteiger partial charge in [-0.3, -0.25) is 0 Å². The fourth-order valence-electron chi connectivity index (χ4n) is 3.40. The van der Waals surface area contributed by atoms with Gasteiger partial charge in [0.15, 0.2) is 0 Å². The molecule has 0 aliphatic heterocycles. The number of rotatable bonds is 11. The Balaban J connectivity index is 1.70. The lowest BCUT2D eigenvalue weighted by molar-refractivity contribution is 0.0561. The Labute approximate surface area is 157 Å². The minimum absolute atomic E-state index is 0.348. The van der Waals surface area contributed by atoms with Crippen LogP contribution in [-0.4, -0.2) is 60.9 Å². The minimum Gasteiger partial charge on any atom is -0.491 e. The molecule has 1 aromatic carbocycles. The Morgan fingerprint density at radius 1 is 1.32 bits per heavy atom. The average Bonchev–Trinajstić information content (AvgIpc) is 2.65. The van der Waals surface area contributed by atoms with E-state index in [1.165, 1.54) is 37.7 Å². The summed E-state index contributed by atoms with van der Waals surface area (Å²) in [5, 5.41) is 13.7. The van der Waals surface area contributed by atoms with Crippen molar-refractivity contribution in [1.29, 1.82) is 0 Å². The number of hydrogen-bond acceptors (Lipinski definition) is 5. The maximum absolute atomic E-state index is 10.3. The highest BCUT2D eigenvalue weighted by Crippen LogP contribution is 2.21. The molecule has 25 heavy (non-hydrogen) atoms. The van der Waals surface area contributed by atoms with Crippen molar-refractivity contribution in [2.75, 3.05) is 38.8 Å². The highest BCUT2D eigenvalue weighted by Gasteiger charge is 2.20. The van der Waals surface area contributed by atoms with E-state index in [1.54, 1.807) is 0 Å². The van der Waals surface area contributed by atoms with Crippen LogP contribution in [0.1, 0.15) is 37.7 Å². The molecule has 0 spiro atoms. The van der Waals surface area contributed by atoms with Crippen LogP contribution in [0.15, 0.2) is 24.3 Å². The number of hydrogen-bond donors (Lipinski definition) is 2. The van der Waals surface area contributed by atoms with Crippen molar-refractivity contribution in [3.8, 4) is 5.75 Å². The molecule has 2 rings (SSSR count). The van der Waals surface area contributed by atoms with Crippen LogP contribution in [0.5, 0.6) is 5.75 Å². The summed E-state index contributed by atoms with van der Waals surface area (Å²) in [5.74, 6) is 1.96. The van der Waals surface area contributed by atoms with Gasteiger partial charge in [0.1, 0.15) is 18.5 Å². The van der Waals surface area contributed by atoms with E-state index in [9.17, 15) is 5.11 Å². The maximum atomic E-state index is 10.3. The van der Waals surface area contributed by atoms with Crippen LogP contribution < -0.4 is 10.1 Å². The first-order chi connectivity index (χ1) is 12.2. The predicted octanol–water partition coefficient (Wildman–Crippen LogP) is 3.14. The number of thioether (sulfide) groups is 1. The lowest BCUT2D eigenvalue weighted by atomic mass is 9.94. The molecule has 0 saturated heterocycles. The predicted molar refractivity (Wildman–Crippen MR) is 108 cm³/mol. The van der Waals surface area contributed by atoms with Gasteiger partial charge in [0.2, 0.25) is 0 Å². The van der Waals surface area contributed by atoms with Gasteiger partial charge in [0.25, 0.3) is 0 Å². The fourth-order valence-corrected chi connectivity index (χ4v) is 3.75. The molecule has 2 N–H and O–H groups in total. The topological polar surface area (TPSA) is 44.7 Å². The largest absolute Gasteiger partial charge is 0.491 e. The first kappa shape index (κ1) is 20.6. The first-order valence-corrected chi connectivity index (χ1v) is 10.9. The summed E-state index contributed by atoms with van der Waals surface area (Å²) >= 11 is 1.85. The van der Waals surface area contributed by atoms with Gasteiger partial charge in [0, 0.05) is 31.4 Å². The van der Waals surface area contributed by atoms with Crippen molar-refractivity contribution < 1.29 is 9.84 Å². The van der Waals surface area contributed by atoms with E-state index in [1.807, 2.05) is 23.9 Å². The van der Waals surface area contributed by atoms with Gasteiger partial charge in [-0.25, -0.2) is 0 Å². The number of benzene rings is 1. The number of nitrogens with zero attached hydrogens (tertiary/aromatic N) is 1. The van der Waals surface area contributed by atoms with E-state index < -0.39 is 6.10 Å². The molecular formula is C20H34N2O2S. The van der Waals surface area contributed by atoms with Crippen molar-refractivity contribution in [2.24, 2.45) is 0 Å². The molecule has 0 amide bonds. The zero-order valence-electron chi connectivity index (χ0n) is 15.7. The molecule has 1 aromatic rings. The monoisotopic (exact) mass is 366 g/mol. The third-order valence-corrected chi connectivity index (χ3v) is 5.46. The van der Waals surface area contributed by atoms with E-state index in [4.69, 9.17) is 4.74 Å². The molecule has 1 aliphatic carbocycles. The molecule has 142 valence electrons. The molecular weight excluding hydrogens is 332 g/mol. The second-order valence-corrected chi connectivity index (χ2v) is 8.00. The molecule has 1 fully saturated rings. The summed E-state index contributed by atoms with van der Waals surface area (Å²) in [7, 11) is 2.13. The van der Waals surface area contributed by atoms with Crippen molar-refractivity contribution in [2.45, 2.75) is 50.8 Å². The van der Waals surface area contributed by atoms with Gasteiger partial charge in [-0.2, -0.15) is 11.8 Å². The Morgan fingerprint density at radius 3 is 2.88 bits per heavy atom. The molecule has 4 nitrogen and oxygen atoms in total. The molecule has 0 radical (unpaired) electrons. The van der Waals surface area contributed by atoms with E-state index in [0.717, 1.165) is 24.6 Å². The van der Waals surface area contributed by atoms with Gasteiger partial charge in [-0.15, -0.1) is 0 Å². The summed E-state index contributed by atoms with van der Waals surface area (Å²) in [4.78, 5) is 2.30. The lowest BCUT2D eigenvalue weighted by Gasteiger charge is -2.32. The third-order valence-electron chi connectivity index (χ3n) is 4.85. The van der Waals surface area contributed by atoms with Crippen molar-refractivity contribution in [3.05, 3.63) is 29.8 Å². The van der Waals surface area contributed by atoms with E-state index in [-0.39, 0.29) is 0 Å². The molecule has 0 aromatic heterocycles. The number of nitrogens with one attached hydrogen (secondary N) is 1. The van der Waals surface area contributed by atoms with Crippen molar-refractivity contribution in [1.82, 2.24) is 10.2 Å². The van der Waals surface area contributed by atoms with Crippen LogP contribution >= 0.6 is 11.8 Å². The highest BCUT2D eigenvalue weighted by molar-refractivity contribution is 7.98. The molecule has 0 heterocycles. The lowest BCUT2D eigenvalue weighted by Crippen LogP contribution is -2.40. The summed E-state index contributed by atoms with van der Waals surface area (Å²) < 4.78 is 5.82. The summed E-state index contributed by atoms with van der Waals surface area (Å²) in [6.07, 6.45) is 8.19. The summed E-state index contributed by atoms with van der Waals surface area (Å²) in [5.41, 5.74) is 1.22. The smallest absolute Gasteiger partial charge is 0.119 e. The van der Waals surface area contributed by atoms with Crippen molar-refractivity contribution >= 4 is 11.8 Å². The SMILES string of the molecule is CSCCNCc1cccc(OCC(O)CN(C)C2CCCCC2)c1. The molecule has 1 saturated carbocycles. The van der Waals surface area contributed by atoms with Gasteiger partial charge < -0.3 is 20.1 Å². The molecule has 1 atom stereocenters. The van der Waals surface area contributed by atoms with Crippen LogP contribution in [0, 0.1) is 0 Å². The summed E-state index contributed by atoms with van der Waals surface area (Å²) in [6, 6.07) is 8.76. The van der Waals surface area contributed by atoms with E-state index in [2.05, 4.69) is 35.7 Å². The number of likely N-dealkylation sites (N-methyl/N-ethyl adjacent to an activating group) is 1. The van der Waals surface area contributed by atoms with E-state index >= 15 is 0 Å². The molecule has 1 aliphatic rings. The van der Waals surface area contributed by atoms with Crippen LogP contribution in [0.4, 0.5) is 0 Å². The van der Waals surface area contributed by atoms with Gasteiger partial charge >= 0.3 is 0 Å². The highest BCUT2D eigenvalue weighted by atomic mass is 32.2. The second-order valence-electron chi connectivity index (χ2n) is 7.01. The Bertz CT molecular complexity index is 481. The van der Waals surface area contributed by atoms with Crippen LogP contribution in [0.3, 0.4) is 0 Å². The first-order valence-electron chi connectivity index (χ1n) is 9.48. The normalized spacial score (nSPS) is 17.0. The van der Waals surface area contributed by atoms with Gasteiger partial charge in [-0.1, -0.05) is 31.4 Å². The Morgan fingerprint density at radius 2 is 2.12 bits per heavy atom. The van der Waals surface area contributed by atoms with E-state index in [0.29, 0.717) is 19.2 Å². The minimum atomic E-state index is -0.449. The quantitative estimate of drug-likeness (QED) is 0.589. The fraction of sp³-hybridized carbons (Fsp3) is 0.700. The Kier molecular flexibility index (Phi) is 9.69. The Hall–Kier alpha value is -0.750. The van der Waals surface area contributed by atoms with Gasteiger partial charge in [-0.05, 0) is 43.8 Å². The number of aliphatic hydroxyl groups is 1. The standard InChI is InChI=1S/C20H34N2O2S/c1-22(18-8-4-3-5-9-18)15-19(23)16-24-20-10-6-7-17(13-20)14-21-11-12-25-2/h6-7,10,13,18-19,21,23H,3-5,8-9,11-12,14-16H2,1-2H3. The van der Waals surface area contributed by atoms with Gasteiger partial charge in [0.05, 0.1) is 0 Å². The number of ether oxygens (including phenoxy) is 1. The van der Waals surface area contributed by atoms with Crippen LogP contribution in [0.2, 0.25) is 0 Å². The van der Waals surface area contributed by atoms with Crippen molar-refractivity contribution in [3.63, 3.8) is 0 Å². The number of aliphatic hydroxyl groups excluding tert-OH is 1. The van der Waals surface area contributed by atoms with Crippen LogP contribution in [0.25, 0.3) is 0 Å². The third kappa shape index (κ3) is 7.99. The molecule has 5 heteroatoms. The zero-order valence-corrected chi connectivity index (χ0v) is 16.6.